The molecule has 2 aromatic heterocycles. The molecule has 0 amide bonds. The van der Waals surface area contributed by atoms with E-state index in [4.69, 9.17) is 5.73 Å². The lowest BCUT2D eigenvalue weighted by molar-refractivity contribution is 0.641. The molecule has 1 unspecified atom stereocenters. The zero-order valence-electron chi connectivity index (χ0n) is 12.0. The van der Waals surface area contributed by atoms with Gasteiger partial charge in [-0.3, -0.25) is 0 Å². The van der Waals surface area contributed by atoms with Gasteiger partial charge >= 0.3 is 0 Å². The first-order valence-corrected chi connectivity index (χ1v) is 6.62. The summed E-state index contributed by atoms with van der Waals surface area (Å²) in [5.74, 6) is 0.613. The van der Waals surface area contributed by atoms with Crippen molar-refractivity contribution in [2.75, 3.05) is 0 Å². The Labute approximate surface area is 113 Å². The number of nitrogens with zero attached hydrogens (tertiary/aromatic N) is 4. The Balaban J connectivity index is 2.25. The predicted octanol–water partition coefficient (Wildman–Crippen LogP) is 1.87. The van der Waals surface area contributed by atoms with Gasteiger partial charge in [0.15, 0.2) is 0 Å². The van der Waals surface area contributed by atoms with Crippen LogP contribution in [0, 0.1) is 20.8 Å². The van der Waals surface area contributed by atoms with Crippen LogP contribution in [0.15, 0.2) is 12.4 Å². The maximum atomic E-state index is 5.93. The number of rotatable bonds is 4. The van der Waals surface area contributed by atoms with Crippen molar-refractivity contribution in [2.24, 2.45) is 5.73 Å². The van der Waals surface area contributed by atoms with E-state index < -0.39 is 0 Å². The summed E-state index contributed by atoms with van der Waals surface area (Å²) in [7, 11) is 0. The summed E-state index contributed by atoms with van der Waals surface area (Å²) in [6, 6.07) is 0.172. The van der Waals surface area contributed by atoms with Crippen LogP contribution in [0.2, 0.25) is 0 Å². The normalized spacial score (nSPS) is 12.7. The first-order valence-electron chi connectivity index (χ1n) is 6.62. The molecule has 102 valence electrons. The standard InChI is InChI=1S/C14H21N5/c1-5-13(15)6-12-7-16-14(17-8-12)19-11(4)9(2)10(3)18-19/h7-8,13H,5-6,15H2,1-4H3. The van der Waals surface area contributed by atoms with Crippen LogP contribution in [0.5, 0.6) is 0 Å². The van der Waals surface area contributed by atoms with E-state index in [1.165, 1.54) is 5.56 Å². The molecule has 0 aliphatic carbocycles. The van der Waals surface area contributed by atoms with Gasteiger partial charge in [-0.25, -0.2) is 14.6 Å². The lowest BCUT2D eigenvalue weighted by atomic mass is 10.1. The van der Waals surface area contributed by atoms with E-state index >= 15 is 0 Å². The predicted molar refractivity (Wildman–Crippen MR) is 75.3 cm³/mol. The summed E-state index contributed by atoms with van der Waals surface area (Å²) >= 11 is 0. The molecule has 0 aliphatic heterocycles. The van der Waals surface area contributed by atoms with Crippen LogP contribution in [0.3, 0.4) is 0 Å². The molecule has 0 aromatic carbocycles. The molecule has 2 aromatic rings. The lowest BCUT2D eigenvalue weighted by Crippen LogP contribution is -2.21. The average Bonchev–Trinajstić information content (AvgIpc) is 2.67. The van der Waals surface area contributed by atoms with Crippen LogP contribution < -0.4 is 5.73 Å². The maximum Gasteiger partial charge on any atom is 0.250 e. The summed E-state index contributed by atoms with van der Waals surface area (Å²) in [5.41, 5.74) is 10.3. The van der Waals surface area contributed by atoms with E-state index in [0.29, 0.717) is 5.95 Å². The molecule has 0 aliphatic rings. The Bertz CT molecular complexity index is 556. The lowest BCUT2D eigenvalue weighted by Gasteiger charge is -2.08. The van der Waals surface area contributed by atoms with Crippen molar-refractivity contribution in [1.29, 1.82) is 0 Å². The molecule has 0 bridgehead atoms. The third kappa shape index (κ3) is 2.81. The first kappa shape index (κ1) is 13.7. The summed E-state index contributed by atoms with van der Waals surface area (Å²) < 4.78 is 1.79. The molecule has 0 saturated heterocycles. The second-order valence-electron chi connectivity index (χ2n) is 4.97. The second kappa shape index (κ2) is 5.48. The molecular weight excluding hydrogens is 238 g/mol. The Kier molecular flexibility index (Phi) is 3.95. The molecule has 2 heterocycles. The largest absolute Gasteiger partial charge is 0.327 e. The summed E-state index contributed by atoms with van der Waals surface area (Å²) in [6.07, 6.45) is 5.44. The van der Waals surface area contributed by atoms with E-state index in [-0.39, 0.29) is 6.04 Å². The minimum absolute atomic E-state index is 0.172. The van der Waals surface area contributed by atoms with E-state index in [1.807, 2.05) is 26.2 Å². The zero-order valence-corrected chi connectivity index (χ0v) is 12.0. The van der Waals surface area contributed by atoms with E-state index in [9.17, 15) is 0 Å². The molecule has 0 fully saturated rings. The van der Waals surface area contributed by atoms with Gasteiger partial charge in [0.2, 0.25) is 0 Å². The number of hydrogen-bond donors (Lipinski definition) is 1. The Hall–Kier alpha value is -1.75. The third-order valence-corrected chi connectivity index (χ3v) is 3.56. The quantitative estimate of drug-likeness (QED) is 0.910. The van der Waals surface area contributed by atoms with Crippen molar-refractivity contribution in [2.45, 2.75) is 46.6 Å². The highest BCUT2D eigenvalue weighted by Gasteiger charge is 2.11. The molecule has 0 spiro atoms. The van der Waals surface area contributed by atoms with E-state index in [0.717, 1.165) is 29.8 Å². The van der Waals surface area contributed by atoms with Crippen LogP contribution >= 0.6 is 0 Å². The molecule has 0 saturated carbocycles. The van der Waals surface area contributed by atoms with Crippen molar-refractivity contribution in [3.63, 3.8) is 0 Å². The van der Waals surface area contributed by atoms with Crippen molar-refractivity contribution < 1.29 is 0 Å². The van der Waals surface area contributed by atoms with Crippen molar-refractivity contribution in [1.82, 2.24) is 19.7 Å². The number of nitrogens with two attached hydrogens (primary N) is 1. The fraction of sp³-hybridized carbons (Fsp3) is 0.500. The average molecular weight is 259 g/mol. The zero-order chi connectivity index (χ0) is 14.0. The molecule has 5 heteroatoms. The van der Waals surface area contributed by atoms with Gasteiger partial charge in [0, 0.05) is 24.1 Å². The molecule has 2 rings (SSSR count). The topological polar surface area (TPSA) is 69.6 Å². The van der Waals surface area contributed by atoms with Crippen LogP contribution in [0.1, 0.15) is 35.9 Å². The summed E-state index contributed by atoms with van der Waals surface area (Å²) in [6.45, 7) is 8.16. The third-order valence-electron chi connectivity index (χ3n) is 3.56. The summed E-state index contributed by atoms with van der Waals surface area (Å²) in [5, 5.41) is 4.45. The smallest absolute Gasteiger partial charge is 0.250 e. The van der Waals surface area contributed by atoms with Crippen molar-refractivity contribution >= 4 is 0 Å². The minimum Gasteiger partial charge on any atom is -0.327 e. The van der Waals surface area contributed by atoms with Crippen LogP contribution in [-0.4, -0.2) is 25.8 Å². The van der Waals surface area contributed by atoms with Gasteiger partial charge in [-0.15, -0.1) is 0 Å². The molecule has 1 atom stereocenters. The van der Waals surface area contributed by atoms with Gasteiger partial charge in [-0.05, 0) is 44.7 Å². The highest BCUT2D eigenvalue weighted by Crippen LogP contribution is 2.14. The van der Waals surface area contributed by atoms with E-state index in [2.05, 4.69) is 28.9 Å². The van der Waals surface area contributed by atoms with Crippen LogP contribution in [0.4, 0.5) is 0 Å². The molecule has 2 N–H and O–H groups in total. The first-order chi connectivity index (χ1) is 9.02. The summed E-state index contributed by atoms with van der Waals surface area (Å²) in [4.78, 5) is 8.77. The highest BCUT2D eigenvalue weighted by molar-refractivity contribution is 5.28. The monoisotopic (exact) mass is 259 g/mol. The highest BCUT2D eigenvalue weighted by atomic mass is 15.4. The van der Waals surface area contributed by atoms with Gasteiger partial charge in [0.1, 0.15) is 0 Å². The SMILES string of the molecule is CCC(N)Cc1cnc(-n2nc(C)c(C)c2C)nc1. The minimum atomic E-state index is 0.172. The van der Waals surface area contributed by atoms with Gasteiger partial charge in [-0.2, -0.15) is 5.10 Å². The molecular formula is C14H21N5. The van der Waals surface area contributed by atoms with Crippen LogP contribution in [-0.2, 0) is 6.42 Å². The maximum absolute atomic E-state index is 5.93. The van der Waals surface area contributed by atoms with Gasteiger partial charge in [0.05, 0.1) is 5.69 Å². The van der Waals surface area contributed by atoms with Gasteiger partial charge in [0.25, 0.3) is 5.95 Å². The van der Waals surface area contributed by atoms with Crippen molar-refractivity contribution in [3.05, 3.63) is 34.9 Å². The fourth-order valence-electron chi connectivity index (χ4n) is 1.93. The number of aryl methyl sites for hydroxylation is 1. The van der Waals surface area contributed by atoms with Crippen molar-refractivity contribution in [3.8, 4) is 5.95 Å². The Morgan fingerprint density at radius 3 is 2.32 bits per heavy atom. The fourth-order valence-corrected chi connectivity index (χ4v) is 1.93. The molecule has 0 radical (unpaired) electrons. The van der Waals surface area contributed by atoms with Gasteiger partial charge < -0.3 is 5.73 Å². The molecule has 5 nitrogen and oxygen atoms in total. The number of hydrogen-bond acceptors (Lipinski definition) is 4. The van der Waals surface area contributed by atoms with E-state index in [1.54, 1.807) is 4.68 Å². The number of aromatic nitrogens is 4. The second-order valence-corrected chi connectivity index (χ2v) is 4.97. The Morgan fingerprint density at radius 2 is 1.84 bits per heavy atom. The van der Waals surface area contributed by atoms with Crippen LogP contribution in [0.25, 0.3) is 5.95 Å². The Morgan fingerprint density at radius 1 is 1.21 bits per heavy atom. The molecule has 19 heavy (non-hydrogen) atoms. The van der Waals surface area contributed by atoms with Gasteiger partial charge in [-0.1, -0.05) is 6.92 Å².